The van der Waals surface area contributed by atoms with E-state index in [1.165, 1.54) is 23.4 Å². The lowest BCUT2D eigenvalue weighted by atomic mass is 9.98. The third-order valence-electron chi connectivity index (χ3n) is 3.28. The summed E-state index contributed by atoms with van der Waals surface area (Å²) in [6.07, 6.45) is 2.31. The summed E-state index contributed by atoms with van der Waals surface area (Å²) in [6.45, 7) is 10.8. The molecule has 17 heavy (non-hydrogen) atoms. The Hall–Kier alpha value is -0.960. The van der Waals surface area contributed by atoms with Gasteiger partial charge in [-0.15, -0.1) is 0 Å². The fraction of sp³-hybridized carbons (Fsp3) is 0.714. The first-order chi connectivity index (χ1) is 8.09. The molecule has 0 aromatic carbocycles. The molecule has 0 bridgehead atoms. The van der Waals surface area contributed by atoms with E-state index >= 15 is 0 Å². The van der Waals surface area contributed by atoms with Gasteiger partial charge < -0.3 is 5.32 Å². The molecule has 0 spiro atoms. The monoisotopic (exact) mass is 233 g/mol. The minimum Gasteiger partial charge on any atom is -0.311 e. The van der Waals surface area contributed by atoms with E-state index in [1.807, 2.05) is 0 Å². The molecule has 1 aromatic rings. The van der Waals surface area contributed by atoms with Crippen LogP contribution in [-0.2, 0) is 13.0 Å². The number of rotatable bonds is 2. The molecule has 1 aromatic heterocycles. The van der Waals surface area contributed by atoms with Crippen LogP contribution in [0.3, 0.4) is 0 Å². The van der Waals surface area contributed by atoms with Crippen LogP contribution < -0.4 is 5.32 Å². The van der Waals surface area contributed by atoms with E-state index in [2.05, 4.69) is 33.0 Å². The molecule has 3 heteroatoms. The average molecular weight is 233 g/mol. The maximum absolute atomic E-state index is 4.79. The Morgan fingerprint density at radius 1 is 1.06 bits per heavy atom. The van der Waals surface area contributed by atoms with Gasteiger partial charge in [-0.05, 0) is 30.9 Å². The van der Waals surface area contributed by atoms with E-state index in [4.69, 9.17) is 9.97 Å². The van der Waals surface area contributed by atoms with Gasteiger partial charge in [0.15, 0.2) is 0 Å². The van der Waals surface area contributed by atoms with Gasteiger partial charge in [0.2, 0.25) is 0 Å². The van der Waals surface area contributed by atoms with E-state index in [9.17, 15) is 0 Å². The first-order valence-electron chi connectivity index (χ1n) is 6.70. The van der Waals surface area contributed by atoms with Crippen LogP contribution in [0.2, 0.25) is 0 Å². The van der Waals surface area contributed by atoms with Crippen molar-refractivity contribution in [2.75, 3.05) is 6.54 Å². The summed E-state index contributed by atoms with van der Waals surface area (Å²) in [4.78, 5) is 9.53. The molecule has 0 unspecified atom stereocenters. The third-order valence-corrected chi connectivity index (χ3v) is 3.28. The number of nitrogens with zero attached hydrogens (tertiary/aromatic N) is 2. The van der Waals surface area contributed by atoms with E-state index in [1.54, 1.807) is 0 Å². The van der Waals surface area contributed by atoms with E-state index in [0.29, 0.717) is 11.8 Å². The molecule has 2 heterocycles. The number of hydrogen-bond donors (Lipinski definition) is 1. The van der Waals surface area contributed by atoms with Gasteiger partial charge in [0, 0.05) is 12.5 Å². The average Bonchev–Trinajstić information content (AvgIpc) is 2.51. The van der Waals surface area contributed by atoms with Crippen LogP contribution in [0.25, 0.3) is 0 Å². The summed E-state index contributed by atoms with van der Waals surface area (Å²) in [5.74, 6) is 1.89. The SMILES string of the molecule is CC(C)c1nc2c(c(C(C)C)n1)CCCNC2. The summed E-state index contributed by atoms with van der Waals surface area (Å²) >= 11 is 0. The molecule has 0 saturated carbocycles. The number of hydrogen-bond acceptors (Lipinski definition) is 3. The van der Waals surface area contributed by atoms with Gasteiger partial charge in [0.05, 0.1) is 11.4 Å². The van der Waals surface area contributed by atoms with Crippen molar-refractivity contribution < 1.29 is 0 Å². The van der Waals surface area contributed by atoms with Crippen molar-refractivity contribution in [2.24, 2.45) is 0 Å². The fourth-order valence-corrected chi connectivity index (χ4v) is 2.32. The molecule has 94 valence electrons. The van der Waals surface area contributed by atoms with Gasteiger partial charge in [-0.25, -0.2) is 9.97 Å². The minimum absolute atomic E-state index is 0.404. The zero-order valence-electron chi connectivity index (χ0n) is 11.4. The molecule has 1 aliphatic rings. The second kappa shape index (κ2) is 5.13. The lowest BCUT2D eigenvalue weighted by Gasteiger charge is -2.16. The van der Waals surface area contributed by atoms with Crippen LogP contribution in [-0.4, -0.2) is 16.5 Å². The minimum atomic E-state index is 0.404. The first kappa shape index (κ1) is 12.5. The Morgan fingerprint density at radius 3 is 2.47 bits per heavy atom. The van der Waals surface area contributed by atoms with Crippen molar-refractivity contribution in [2.45, 2.75) is 58.9 Å². The summed E-state index contributed by atoms with van der Waals surface area (Å²) in [5, 5.41) is 3.45. The predicted octanol–water partition coefficient (Wildman–Crippen LogP) is 2.76. The topological polar surface area (TPSA) is 37.8 Å². The maximum Gasteiger partial charge on any atom is 0.131 e. The van der Waals surface area contributed by atoms with E-state index < -0.39 is 0 Å². The quantitative estimate of drug-likeness (QED) is 0.853. The Bertz CT molecular complexity index is 397. The zero-order valence-corrected chi connectivity index (χ0v) is 11.4. The molecule has 0 amide bonds. The Balaban J connectivity index is 2.51. The second-order valence-corrected chi connectivity index (χ2v) is 5.48. The van der Waals surface area contributed by atoms with E-state index in [-0.39, 0.29) is 0 Å². The van der Waals surface area contributed by atoms with Crippen LogP contribution in [0.15, 0.2) is 0 Å². The molecule has 1 N–H and O–H groups in total. The molecule has 0 aliphatic carbocycles. The fourth-order valence-electron chi connectivity index (χ4n) is 2.32. The predicted molar refractivity (Wildman–Crippen MR) is 70.2 cm³/mol. The van der Waals surface area contributed by atoms with Crippen LogP contribution in [0.4, 0.5) is 0 Å². The lowest BCUT2D eigenvalue weighted by Crippen LogP contribution is -2.15. The van der Waals surface area contributed by atoms with Gasteiger partial charge in [-0.1, -0.05) is 27.7 Å². The highest BCUT2D eigenvalue weighted by Gasteiger charge is 2.19. The van der Waals surface area contributed by atoms with Crippen molar-refractivity contribution in [1.29, 1.82) is 0 Å². The summed E-state index contributed by atoms with van der Waals surface area (Å²) < 4.78 is 0. The van der Waals surface area contributed by atoms with Crippen molar-refractivity contribution in [1.82, 2.24) is 15.3 Å². The number of fused-ring (bicyclic) bond motifs is 1. The molecular formula is C14H23N3. The molecule has 3 nitrogen and oxygen atoms in total. The number of nitrogens with one attached hydrogen (secondary N) is 1. The summed E-state index contributed by atoms with van der Waals surface area (Å²) in [6, 6.07) is 0. The molecule has 2 rings (SSSR count). The van der Waals surface area contributed by atoms with Crippen molar-refractivity contribution >= 4 is 0 Å². The largest absolute Gasteiger partial charge is 0.311 e. The first-order valence-corrected chi connectivity index (χ1v) is 6.70. The highest BCUT2D eigenvalue weighted by atomic mass is 15.0. The molecule has 0 fully saturated rings. The Morgan fingerprint density at radius 2 is 1.82 bits per heavy atom. The van der Waals surface area contributed by atoms with Crippen LogP contribution in [0.5, 0.6) is 0 Å². The molecule has 0 radical (unpaired) electrons. The molecule has 0 atom stereocenters. The van der Waals surface area contributed by atoms with Crippen molar-refractivity contribution in [3.8, 4) is 0 Å². The highest BCUT2D eigenvalue weighted by molar-refractivity contribution is 5.30. The Labute approximate surface area is 104 Å². The standard InChI is InChI=1S/C14H23N3/c1-9(2)13-11-6-5-7-15-8-12(11)16-14(17-13)10(3)4/h9-10,15H,5-8H2,1-4H3. The molecular weight excluding hydrogens is 210 g/mol. The van der Waals surface area contributed by atoms with Crippen LogP contribution in [0.1, 0.15) is 68.7 Å². The number of aromatic nitrogens is 2. The lowest BCUT2D eigenvalue weighted by molar-refractivity contribution is 0.666. The van der Waals surface area contributed by atoms with Gasteiger partial charge in [-0.2, -0.15) is 0 Å². The summed E-state index contributed by atoms with van der Waals surface area (Å²) in [5.41, 5.74) is 3.89. The van der Waals surface area contributed by atoms with Gasteiger partial charge in [0.1, 0.15) is 5.82 Å². The highest BCUT2D eigenvalue weighted by Crippen LogP contribution is 2.24. The van der Waals surface area contributed by atoms with Gasteiger partial charge in [0.25, 0.3) is 0 Å². The van der Waals surface area contributed by atoms with Crippen LogP contribution >= 0.6 is 0 Å². The normalized spacial score (nSPS) is 16.1. The Kier molecular flexibility index (Phi) is 3.77. The molecule has 1 aliphatic heterocycles. The smallest absolute Gasteiger partial charge is 0.131 e. The summed E-state index contributed by atoms with van der Waals surface area (Å²) in [7, 11) is 0. The molecule has 0 saturated heterocycles. The van der Waals surface area contributed by atoms with Crippen molar-refractivity contribution in [3.63, 3.8) is 0 Å². The maximum atomic E-state index is 4.79. The van der Waals surface area contributed by atoms with Crippen molar-refractivity contribution in [3.05, 3.63) is 22.8 Å². The second-order valence-electron chi connectivity index (χ2n) is 5.48. The van der Waals surface area contributed by atoms with Gasteiger partial charge in [-0.3, -0.25) is 0 Å². The third kappa shape index (κ3) is 2.65. The van der Waals surface area contributed by atoms with Gasteiger partial charge >= 0.3 is 0 Å². The van der Waals surface area contributed by atoms with Crippen LogP contribution in [0, 0.1) is 0 Å². The van der Waals surface area contributed by atoms with E-state index in [0.717, 1.165) is 25.3 Å². The zero-order chi connectivity index (χ0) is 12.4.